The highest BCUT2D eigenvalue weighted by molar-refractivity contribution is 6.30. The van der Waals surface area contributed by atoms with Gasteiger partial charge in [0.25, 0.3) is 0 Å². The van der Waals surface area contributed by atoms with E-state index in [1.165, 1.54) is 12.1 Å². The summed E-state index contributed by atoms with van der Waals surface area (Å²) in [4.78, 5) is 0. The fraction of sp³-hybridized carbons (Fsp3) is 0.167. The van der Waals surface area contributed by atoms with Crippen molar-refractivity contribution in [2.75, 3.05) is 0 Å². The van der Waals surface area contributed by atoms with E-state index in [0.717, 1.165) is 5.56 Å². The van der Waals surface area contributed by atoms with E-state index >= 15 is 0 Å². The van der Waals surface area contributed by atoms with Gasteiger partial charge in [0.05, 0.1) is 6.20 Å². The van der Waals surface area contributed by atoms with Crippen molar-refractivity contribution in [2.24, 2.45) is 5.73 Å². The van der Waals surface area contributed by atoms with Crippen molar-refractivity contribution in [1.29, 1.82) is 0 Å². The molecule has 1 heterocycles. The second-order valence-electron chi connectivity index (χ2n) is 3.72. The largest absolute Gasteiger partial charge is 0.324 e. The third-order valence-electron chi connectivity index (χ3n) is 2.48. The molecule has 1 unspecified atom stereocenters. The van der Waals surface area contributed by atoms with Gasteiger partial charge in [0.2, 0.25) is 0 Å². The van der Waals surface area contributed by atoms with Crippen LogP contribution in [0.3, 0.4) is 0 Å². The van der Waals surface area contributed by atoms with Crippen LogP contribution in [0.1, 0.15) is 17.2 Å². The summed E-state index contributed by atoms with van der Waals surface area (Å²) in [6.45, 7) is 0. The Bertz CT molecular complexity index is 504. The molecule has 0 aliphatic carbocycles. The van der Waals surface area contributed by atoms with Crippen LogP contribution in [0.25, 0.3) is 0 Å². The average Bonchev–Trinajstić information content (AvgIpc) is 2.35. The van der Waals surface area contributed by atoms with Crippen LogP contribution in [0.5, 0.6) is 0 Å². The van der Waals surface area contributed by atoms with E-state index in [1.54, 1.807) is 24.5 Å². The Morgan fingerprint density at radius 2 is 2.12 bits per heavy atom. The lowest BCUT2D eigenvalue weighted by Gasteiger charge is -2.12. The first-order chi connectivity index (χ1) is 8.16. The summed E-state index contributed by atoms with van der Waals surface area (Å²) in [5, 5.41) is 7.90. The van der Waals surface area contributed by atoms with Gasteiger partial charge in [0.15, 0.2) is 0 Å². The molecule has 0 saturated carbocycles. The molecule has 3 nitrogen and oxygen atoms in total. The van der Waals surface area contributed by atoms with Gasteiger partial charge in [-0.15, -0.1) is 0 Å². The predicted molar refractivity (Wildman–Crippen MR) is 64.1 cm³/mol. The summed E-state index contributed by atoms with van der Waals surface area (Å²) < 4.78 is 13.5. The third kappa shape index (κ3) is 2.99. The number of nitrogens with zero attached hydrogens (tertiary/aromatic N) is 2. The summed E-state index contributed by atoms with van der Waals surface area (Å²) in [6.07, 6.45) is 3.51. The van der Waals surface area contributed by atoms with Crippen LogP contribution in [-0.4, -0.2) is 10.2 Å². The van der Waals surface area contributed by atoms with E-state index in [2.05, 4.69) is 10.2 Å². The molecule has 0 amide bonds. The minimum atomic E-state index is -0.321. The van der Waals surface area contributed by atoms with Crippen molar-refractivity contribution in [1.82, 2.24) is 10.2 Å². The number of aromatic nitrogens is 2. The molecule has 0 saturated heterocycles. The van der Waals surface area contributed by atoms with Crippen molar-refractivity contribution in [3.8, 4) is 0 Å². The zero-order valence-corrected chi connectivity index (χ0v) is 9.73. The van der Waals surface area contributed by atoms with Gasteiger partial charge in [0.1, 0.15) is 5.82 Å². The first-order valence-electron chi connectivity index (χ1n) is 5.13. The zero-order valence-electron chi connectivity index (χ0n) is 8.98. The van der Waals surface area contributed by atoms with Crippen LogP contribution < -0.4 is 5.73 Å². The lowest BCUT2D eigenvalue weighted by Crippen LogP contribution is -2.14. The Hall–Kier alpha value is -1.52. The standard InChI is InChI=1S/C12H11ClFN3/c13-10-1-2-11(14)9(5-10)6-12(15)8-3-4-16-17-7-8/h1-5,7,12H,6,15H2. The second kappa shape index (κ2) is 5.21. The predicted octanol–water partition coefficient (Wildman–Crippen LogP) is 2.51. The second-order valence-corrected chi connectivity index (χ2v) is 4.16. The molecule has 1 atom stereocenters. The van der Waals surface area contributed by atoms with Crippen LogP contribution in [-0.2, 0) is 6.42 Å². The molecular formula is C12H11ClFN3. The van der Waals surface area contributed by atoms with Gasteiger partial charge in [-0.2, -0.15) is 10.2 Å². The minimum Gasteiger partial charge on any atom is -0.324 e. The maximum atomic E-state index is 13.5. The van der Waals surface area contributed by atoms with Crippen LogP contribution in [0.2, 0.25) is 5.02 Å². The molecule has 0 fully saturated rings. The van der Waals surface area contributed by atoms with E-state index in [9.17, 15) is 4.39 Å². The molecule has 1 aromatic heterocycles. The van der Waals surface area contributed by atoms with E-state index in [1.807, 2.05) is 0 Å². The topological polar surface area (TPSA) is 51.8 Å². The van der Waals surface area contributed by atoms with Gasteiger partial charge < -0.3 is 5.73 Å². The van der Waals surface area contributed by atoms with Crippen molar-refractivity contribution in [2.45, 2.75) is 12.5 Å². The van der Waals surface area contributed by atoms with Gasteiger partial charge in [-0.25, -0.2) is 4.39 Å². The van der Waals surface area contributed by atoms with Gasteiger partial charge >= 0.3 is 0 Å². The summed E-state index contributed by atoms with van der Waals surface area (Å²) in [6, 6.07) is 5.89. The molecule has 2 aromatic rings. The normalized spacial score (nSPS) is 12.4. The molecule has 2 N–H and O–H groups in total. The monoisotopic (exact) mass is 251 g/mol. The summed E-state index contributed by atoms with van der Waals surface area (Å²) >= 11 is 5.82. The number of nitrogens with two attached hydrogens (primary N) is 1. The van der Waals surface area contributed by atoms with Crippen LogP contribution in [0.15, 0.2) is 36.7 Å². The molecule has 2 rings (SSSR count). The number of rotatable bonds is 3. The fourth-order valence-electron chi connectivity index (χ4n) is 1.57. The lowest BCUT2D eigenvalue weighted by atomic mass is 10.0. The Kier molecular flexibility index (Phi) is 3.66. The molecule has 5 heteroatoms. The smallest absolute Gasteiger partial charge is 0.126 e. The summed E-state index contributed by atoms with van der Waals surface area (Å²) in [7, 11) is 0. The van der Waals surface area contributed by atoms with Crippen LogP contribution in [0, 0.1) is 5.82 Å². The molecule has 0 aliphatic heterocycles. The van der Waals surface area contributed by atoms with Crippen molar-refractivity contribution in [3.05, 3.63) is 58.6 Å². The molecule has 88 valence electrons. The number of hydrogen-bond acceptors (Lipinski definition) is 3. The molecule has 0 aliphatic rings. The summed E-state index contributed by atoms with van der Waals surface area (Å²) in [5.41, 5.74) is 7.29. The van der Waals surface area contributed by atoms with Gasteiger partial charge in [-0.05, 0) is 41.8 Å². The molecular weight excluding hydrogens is 241 g/mol. The molecule has 0 bridgehead atoms. The number of halogens is 2. The number of hydrogen-bond donors (Lipinski definition) is 1. The van der Waals surface area contributed by atoms with Gasteiger partial charge in [0, 0.05) is 17.3 Å². The van der Waals surface area contributed by atoms with E-state index < -0.39 is 0 Å². The maximum Gasteiger partial charge on any atom is 0.126 e. The Morgan fingerprint density at radius 1 is 1.29 bits per heavy atom. The van der Waals surface area contributed by atoms with E-state index in [-0.39, 0.29) is 11.9 Å². The quantitative estimate of drug-likeness (QED) is 0.912. The highest BCUT2D eigenvalue weighted by Crippen LogP contribution is 2.20. The third-order valence-corrected chi connectivity index (χ3v) is 2.72. The highest BCUT2D eigenvalue weighted by Gasteiger charge is 2.11. The number of benzene rings is 1. The average molecular weight is 252 g/mol. The summed E-state index contributed by atoms with van der Waals surface area (Å²) in [5.74, 6) is -0.299. The Balaban J connectivity index is 2.18. The van der Waals surface area contributed by atoms with Gasteiger partial charge in [-0.1, -0.05) is 11.6 Å². The van der Waals surface area contributed by atoms with E-state index in [0.29, 0.717) is 17.0 Å². The zero-order chi connectivity index (χ0) is 12.3. The molecule has 0 radical (unpaired) electrons. The van der Waals surface area contributed by atoms with Gasteiger partial charge in [-0.3, -0.25) is 0 Å². The Labute approximate surface area is 103 Å². The molecule has 1 aromatic carbocycles. The SMILES string of the molecule is NC(Cc1cc(Cl)ccc1F)c1ccnnc1. The van der Waals surface area contributed by atoms with Crippen LogP contribution >= 0.6 is 11.6 Å². The van der Waals surface area contributed by atoms with E-state index in [4.69, 9.17) is 17.3 Å². The minimum absolute atomic E-state index is 0.299. The maximum absolute atomic E-state index is 13.5. The highest BCUT2D eigenvalue weighted by atomic mass is 35.5. The fourth-order valence-corrected chi connectivity index (χ4v) is 1.77. The molecule has 17 heavy (non-hydrogen) atoms. The van der Waals surface area contributed by atoms with Crippen LogP contribution in [0.4, 0.5) is 4.39 Å². The van der Waals surface area contributed by atoms with Crippen molar-refractivity contribution in [3.63, 3.8) is 0 Å². The van der Waals surface area contributed by atoms with Crippen molar-refractivity contribution >= 4 is 11.6 Å². The first kappa shape index (κ1) is 12.0. The lowest BCUT2D eigenvalue weighted by molar-refractivity contribution is 0.592. The van der Waals surface area contributed by atoms with Crippen molar-refractivity contribution < 1.29 is 4.39 Å². The Morgan fingerprint density at radius 3 is 2.82 bits per heavy atom. The first-order valence-corrected chi connectivity index (χ1v) is 5.50. The molecule has 0 spiro atoms.